The lowest BCUT2D eigenvalue weighted by Gasteiger charge is -2.30. The van der Waals surface area contributed by atoms with E-state index in [4.69, 9.17) is 4.74 Å². The maximum absolute atomic E-state index is 12.1. The molecule has 0 fully saturated rings. The Morgan fingerprint density at radius 1 is 1.33 bits per heavy atom. The molecular weight excluding hydrogens is 326 g/mol. The molecule has 6 nitrogen and oxygen atoms in total. The van der Waals surface area contributed by atoms with Gasteiger partial charge in [0.15, 0.2) is 0 Å². The van der Waals surface area contributed by atoms with Crippen LogP contribution in [0.5, 0.6) is 0 Å². The van der Waals surface area contributed by atoms with Crippen LogP contribution in [0.3, 0.4) is 0 Å². The number of aromatic nitrogens is 2. The molecule has 0 amide bonds. The number of thiophene rings is 1. The van der Waals surface area contributed by atoms with Gasteiger partial charge in [0.2, 0.25) is 0 Å². The van der Waals surface area contributed by atoms with Crippen LogP contribution < -0.4 is 5.32 Å². The molecule has 0 aliphatic carbocycles. The largest absolute Gasteiger partial charge is 0.462 e. The summed E-state index contributed by atoms with van der Waals surface area (Å²) in [5, 5.41) is 13.9. The van der Waals surface area contributed by atoms with Crippen LogP contribution in [0.4, 0.5) is 5.82 Å². The summed E-state index contributed by atoms with van der Waals surface area (Å²) < 4.78 is 5.13. The van der Waals surface area contributed by atoms with E-state index >= 15 is 0 Å². The molecule has 2 aromatic rings. The average molecular weight is 351 g/mol. The number of fused-ring (bicyclic) bond motifs is 1. The van der Waals surface area contributed by atoms with Gasteiger partial charge >= 0.3 is 5.97 Å². The molecular formula is C17H25N3O3S. The third kappa shape index (κ3) is 3.67. The van der Waals surface area contributed by atoms with E-state index in [1.165, 1.54) is 11.3 Å². The standard InChI is InChI=1S/C17H25N3O3S/c1-7-23-16(22)13-9(2)12-14(18-10(3)19-15(12)24-13)20-11(8-21)17(4,5)6/h11,21H,7-8H2,1-6H3,(H,18,19,20)/t11-/m1/s1. The fourth-order valence-corrected chi connectivity index (χ4v) is 3.56. The van der Waals surface area contributed by atoms with Gasteiger partial charge in [-0.2, -0.15) is 0 Å². The van der Waals surface area contributed by atoms with E-state index in [0.29, 0.717) is 23.1 Å². The van der Waals surface area contributed by atoms with Crippen molar-refractivity contribution < 1.29 is 14.6 Å². The minimum atomic E-state index is -0.337. The molecule has 0 saturated carbocycles. The van der Waals surface area contributed by atoms with Crippen LogP contribution in [0, 0.1) is 19.3 Å². The number of aliphatic hydroxyl groups excluding tert-OH is 1. The van der Waals surface area contributed by atoms with Gasteiger partial charge in [-0.3, -0.25) is 0 Å². The fourth-order valence-electron chi connectivity index (χ4n) is 2.44. The Hall–Kier alpha value is -1.73. The number of hydrogen-bond acceptors (Lipinski definition) is 7. The fraction of sp³-hybridized carbons (Fsp3) is 0.588. The Balaban J connectivity index is 2.56. The Labute approximate surface area is 146 Å². The average Bonchev–Trinajstić information content (AvgIpc) is 2.80. The number of carbonyl (C=O) groups is 1. The molecule has 0 spiro atoms. The lowest BCUT2D eigenvalue weighted by Crippen LogP contribution is -2.37. The topological polar surface area (TPSA) is 84.3 Å². The highest BCUT2D eigenvalue weighted by atomic mass is 32.1. The van der Waals surface area contributed by atoms with Crippen molar-refractivity contribution in [1.29, 1.82) is 0 Å². The maximum atomic E-state index is 12.1. The van der Waals surface area contributed by atoms with Crippen LogP contribution in [0.1, 0.15) is 48.8 Å². The minimum absolute atomic E-state index is 0.0119. The van der Waals surface area contributed by atoms with Gasteiger partial charge in [-0.1, -0.05) is 20.8 Å². The van der Waals surface area contributed by atoms with E-state index in [9.17, 15) is 9.90 Å². The number of rotatable bonds is 5. The van der Waals surface area contributed by atoms with Gasteiger partial charge in [0.1, 0.15) is 21.3 Å². The monoisotopic (exact) mass is 351 g/mol. The first-order valence-corrected chi connectivity index (χ1v) is 8.83. The predicted molar refractivity (Wildman–Crippen MR) is 96.8 cm³/mol. The Morgan fingerprint density at radius 3 is 2.54 bits per heavy atom. The Morgan fingerprint density at radius 2 is 2.00 bits per heavy atom. The van der Waals surface area contributed by atoms with Crippen molar-refractivity contribution in [2.45, 2.75) is 47.6 Å². The van der Waals surface area contributed by atoms with Crippen LogP contribution in [-0.4, -0.2) is 40.3 Å². The molecule has 24 heavy (non-hydrogen) atoms. The van der Waals surface area contributed by atoms with Crippen molar-refractivity contribution >= 4 is 33.3 Å². The number of aliphatic hydroxyl groups is 1. The van der Waals surface area contributed by atoms with Crippen molar-refractivity contribution in [2.24, 2.45) is 5.41 Å². The molecule has 0 bridgehead atoms. The third-order valence-electron chi connectivity index (χ3n) is 3.90. The summed E-state index contributed by atoms with van der Waals surface area (Å²) in [7, 11) is 0. The zero-order valence-corrected chi connectivity index (χ0v) is 15.9. The van der Waals surface area contributed by atoms with Crippen molar-refractivity contribution in [1.82, 2.24) is 9.97 Å². The lowest BCUT2D eigenvalue weighted by atomic mass is 9.87. The van der Waals surface area contributed by atoms with E-state index in [-0.39, 0.29) is 24.0 Å². The second kappa shape index (κ2) is 7.03. The molecule has 0 saturated heterocycles. The summed E-state index contributed by atoms with van der Waals surface area (Å²) in [4.78, 5) is 22.4. The van der Waals surface area contributed by atoms with Gasteiger partial charge in [-0.25, -0.2) is 14.8 Å². The lowest BCUT2D eigenvalue weighted by molar-refractivity contribution is 0.0531. The molecule has 2 N–H and O–H groups in total. The second-order valence-electron chi connectivity index (χ2n) is 6.82. The Bertz CT molecular complexity index is 750. The summed E-state index contributed by atoms with van der Waals surface area (Å²) in [6.45, 7) is 12.0. The van der Waals surface area contributed by atoms with Gasteiger partial charge in [0.25, 0.3) is 0 Å². The van der Waals surface area contributed by atoms with E-state index in [2.05, 4.69) is 36.1 Å². The molecule has 2 heterocycles. The SMILES string of the molecule is CCOC(=O)c1sc2nc(C)nc(N[C@H](CO)C(C)(C)C)c2c1C. The van der Waals surface area contributed by atoms with Crippen LogP contribution in [0.25, 0.3) is 10.2 Å². The molecule has 1 atom stereocenters. The summed E-state index contributed by atoms with van der Waals surface area (Å²) in [5.41, 5.74) is 0.662. The third-order valence-corrected chi connectivity index (χ3v) is 5.07. The summed E-state index contributed by atoms with van der Waals surface area (Å²) in [6.07, 6.45) is 0. The zero-order chi connectivity index (χ0) is 18.1. The summed E-state index contributed by atoms with van der Waals surface area (Å²) in [5.74, 6) is 0.930. The summed E-state index contributed by atoms with van der Waals surface area (Å²) in [6, 6.07) is -0.166. The van der Waals surface area contributed by atoms with Crippen LogP contribution >= 0.6 is 11.3 Å². The molecule has 0 aliphatic heterocycles. The number of ether oxygens (including phenoxy) is 1. The number of nitrogens with one attached hydrogen (secondary N) is 1. The number of aryl methyl sites for hydroxylation is 2. The van der Waals surface area contributed by atoms with E-state index in [1.807, 2.05) is 13.8 Å². The van der Waals surface area contributed by atoms with E-state index < -0.39 is 0 Å². The van der Waals surface area contributed by atoms with Crippen molar-refractivity contribution in [3.8, 4) is 0 Å². The molecule has 2 aromatic heterocycles. The maximum Gasteiger partial charge on any atom is 0.348 e. The molecule has 0 aromatic carbocycles. The highest BCUT2D eigenvalue weighted by Gasteiger charge is 2.27. The van der Waals surface area contributed by atoms with Gasteiger partial charge < -0.3 is 15.2 Å². The van der Waals surface area contributed by atoms with Crippen molar-refractivity contribution in [2.75, 3.05) is 18.5 Å². The molecule has 0 unspecified atom stereocenters. The quantitative estimate of drug-likeness (QED) is 0.804. The number of esters is 1. The van der Waals surface area contributed by atoms with Gasteiger partial charge in [-0.15, -0.1) is 11.3 Å². The number of hydrogen-bond donors (Lipinski definition) is 2. The number of anilines is 1. The van der Waals surface area contributed by atoms with Crippen molar-refractivity contribution in [3.05, 3.63) is 16.3 Å². The highest BCUT2D eigenvalue weighted by Crippen LogP contribution is 2.35. The van der Waals surface area contributed by atoms with Crippen LogP contribution in [0.15, 0.2) is 0 Å². The normalized spacial score (nSPS) is 13.1. The molecule has 7 heteroatoms. The Kier molecular flexibility index (Phi) is 5.45. The molecule has 2 rings (SSSR count). The van der Waals surface area contributed by atoms with Gasteiger partial charge in [0, 0.05) is 0 Å². The first kappa shape index (κ1) is 18.6. The first-order chi connectivity index (χ1) is 11.2. The van der Waals surface area contributed by atoms with Gasteiger partial charge in [-0.05, 0) is 31.7 Å². The van der Waals surface area contributed by atoms with Crippen molar-refractivity contribution in [3.63, 3.8) is 0 Å². The number of carbonyl (C=O) groups excluding carboxylic acids is 1. The molecule has 132 valence electrons. The molecule has 0 radical (unpaired) electrons. The minimum Gasteiger partial charge on any atom is -0.462 e. The number of nitrogens with zero attached hydrogens (tertiary/aromatic N) is 2. The van der Waals surface area contributed by atoms with Crippen LogP contribution in [-0.2, 0) is 4.74 Å². The predicted octanol–water partition coefficient (Wildman–Crippen LogP) is 3.30. The second-order valence-corrected chi connectivity index (χ2v) is 7.82. The van der Waals surface area contributed by atoms with Gasteiger partial charge in [0.05, 0.1) is 24.6 Å². The zero-order valence-electron chi connectivity index (χ0n) is 15.1. The van der Waals surface area contributed by atoms with E-state index in [0.717, 1.165) is 15.8 Å². The smallest absolute Gasteiger partial charge is 0.348 e. The van der Waals surface area contributed by atoms with Crippen LogP contribution in [0.2, 0.25) is 0 Å². The highest BCUT2D eigenvalue weighted by molar-refractivity contribution is 7.20. The first-order valence-electron chi connectivity index (χ1n) is 8.01. The summed E-state index contributed by atoms with van der Waals surface area (Å²) >= 11 is 1.31. The molecule has 0 aliphatic rings. The van der Waals surface area contributed by atoms with E-state index in [1.54, 1.807) is 6.92 Å².